The molecular weight excluding hydrogens is 308 g/mol. The van der Waals surface area contributed by atoms with Crippen molar-refractivity contribution in [2.24, 2.45) is 5.41 Å². The van der Waals surface area contributed by atoms with Crippen LogP contribution in [0.5, 0.6) is 11.5 Å². The van der Waals surface area contributed by atoms with Crippen LogP contribution in [0.25, 0.3) is 0 Å². The zero-order valence-corrected chi connectivity index (χ0v) is 13.7. The molecule has 0 radical (unpaired) electrons. The molecular formula is C15H20O8. The predicted octanol–water partition coefficient (Wildman–Crippen LogP) is 2.91. The van der Waals surface area contributed by atoms with Gasteiger partial charge in [0.1, 0.15) is 0 Å². The van der Waals surface area contributed by atoms with Crippen LogP contribution in [0.1, 0.15) is 31.1 Å². The van der Waals surface area contributed by atoms with Gasteiger partial charge in [-0.15, -0.1) is 0 Å². The number of ether oxygens (including phenoxy) is 3. The van der Waals surface area contributed by atoms with E-state index in [4.69, 9.17) is 14.2 Å². The summed E-state index contributed by atoms with van der Waals surface area (Å²) in [6.45, 7) is 5.74. The van der Waals surface area contributed by atoms with Gasteiger partial charge in [0.25, 0.3) is 0 Å². The Morgan fingerprint density at radius 3 is 2.22 bits per heavy atom. The van der Waals surface area contributed by atoms with Crippen LogP contribution in [0.15, 0.2) is 18.2 Å². The fraction of sp³-hybridized carbons (Fsp3) is 0.467. The highest BCUT2D eigenvalue weighted by atomic mass is 17.5. The molecule has 0 aliphatic rings. The summed E-state index contributed by atoms with van der Waals surface area (Å²) in [6, 6.07) is 4.35. The van der Waals surface area contributed by atoms with E-state index < -0.39 is 12.1 Å². The van der Waals surface area contributed by atoms with Gasteiger partial charge in [0.05, 0.1) is 31.4 Å². The molecule has 0 fully saturated rings. The van der Waals surface area contributed by atoms with Crippen molar-refractivity contribution in [1.29, 1.82) is 0 Å². The minimum atomic E-state index is -1.11. The molecule has 0 spiro atoms. The third-order valence-electron chi connectivity index (χ3n) is 2.45. The summed E-state index contributed by atoms with van der Waals surface area (Å²) in [5, 5.41) is 4.11. The Bertz CT molecular complexity index is 547. The van der Waals surface area contributed by atoms with E-state index >= 15 is 0 Å². The number of hydrogen-bond donors (Lipinski definition) is 0. The number of carbonyl (C=O) groups excluding carboxylic acids is 2. The van der Waals surface area contributed by atoms with Gasteiger partial charge in [0.15, 0.2) is 11.5 Å². The number of carbonyl (C=O) groups is 2. The number of benzene rings is 1. The molecule has 128 valence electrons. The van der Waals surface area contributed by atoms with Crippen LogP contribution < -0.4 is 9.47 Å². The van der Waals surface area contributed by atoms with Crippen molar-refractivity contribution < 1.29 is 38.6 Å². The second-order valence-corrected chi connectivity index (χ2v) is 5.69. The van der Waals surface area contributed by atoms with Gasteiger partial charge in [-0.2, -0.15) is 0 Å². The molecule has 0 amide bonds. The summed E-state index contributed by atoms with van der Waals surface area (Å²) in [7, 11) is 2.90. The Labute approximate surface area is 134 Å². The molecule has 0 atom stereocenters. The maximum atomic E-state index is 11.7. The van der Waals surface area contributed by atoms with Crippen molar-refractivity contribution in [3.8, 4) is 11.5 Å². The maximum absolute atomic E-state index is 11.7. The van der Waals surface area contributed by atoms with Crippen LogP contribution in [-0.2, 0) is 19.6 Å². The molecule has 0 bridgehead atoms. The maximum Gasteiger partial charge on any atom is 0.543 e. The van der Waals surface area contributed by atoms with Gasteiger partial charge in [-0.05, 0) is 23.6 Å². The van der Waals surface area contributed by atoms with Crippen LogP contribution in [0, 0.1) is 5.41 Å². The second kappa shape index (κ2) is 8.23. The van der Waals surface area contributed by atoms with Crippen molar-refractivity contribution in [3.63, 3.8) is 0 Å². The van der Waals surface area contributed by atoms with E-state index in [1.807, 2.05) is 20.8 Å². The summed E-state index contributed by atoms with van der Waals surface area (Å²) in [4.78, 5) is 31.4. The van der Waals surface area contributed by atoms with E-state index in [2.05, 4.69) is 14.8 Å². The van der Waals surface area contributed by atoms with E-state index in [0.717, 1.165) is 0 Å². The number of hydrogen-bond acceptors (Lipinski definition) is 8. The van der Waals surface area contributed by atoms with Crippen molar-refractivity contribution in [2.75, 3.05) is 20.8 Å². The normalized spacial score (nSPS) is 10.7. The quantitative estimate of drug-likeness (QED) is 0.447. The molecule has 0 N–H and O–H groups in total. The topological polar surface area (TPSA) is 89.5 Å². The zero-order valence-electron chi connectivity index (χ0n) is 13.7. The largest absolute Gasteiger partial charge is 0.543 e. The monoisotopic (exact) mass is 328 g/mol. The van der Waals surface area contributed by atoms with Crippen molar-refractivity contribution >= 4 is 12.1 Å². The van der Waals surface area contributed by atoms with E-state index in [-0.39, 0.29) is 17.6 Å². The van der Waals surface area contributed by atoms with Gasteiger partial charge in [-0.25, -0.2) is 14.5 Å². The Hall–Kier alpha value is -2.48. The molecule has 0 saturated carbocycles. The number of methoxy groups -OCH3 is 2. The molecule has 8 heteroatoms. The van der Waals surface area contributed by atoms with Crippen molar-refractivity contribution in [1.82, 2.24) is 0 Å². The summed E-state index contributed by atoms with van der Waals surface area (Å²) in [6.07, 6.45) is -1.11. The van der Waals surface area contributed by atoms with Crippen LogP contribution in [0.4, 0.5) is 4.79 Å². The lowest BCUT2D eigenvalue weighted by molar-refractivity contribution is -0.452. The van der Waals surface area contributed by atoms with E-state index in [9.17, 15) is 9.59 Å². The first-order valence-corrected chi connectivity index (χ1v) is 6.71. The Balaban J connectivity index is 2.46. The molecule has 0 aliphatic heterocycles. The standard InChI is InChI=1S/C15H20O8/c1-15(2,3)9-20-14(17)22-23-21-13(16)10-6-7-11(18-4)12(8-10)19-5/h6-8H,9H2,1-5H3. The average molecular weight is 328 g/mol. The fourth-order valence-electron chi connectivity index (χ4n) is 1.39. The van der Waals surface area contributed by atoms with Gasteiger partial charge in [-0.1, -0.05) is 20.8 Å². The average Bonchev–Trinajstić information content (AvgIpc) is 2.51. The van der Waals surface area contributed by atoms with Crippen LogP contribution >= 0.6 is 0 Å². The van der Waals surface area contributed by atoms with Gasteiger partial charge in [0.2, 0.25) is 0 Å². The minimum Gasteiger partial charge on any atom is -0.493 e. The molecule has 8 nitrogen and oxygen atoms in total. The molecule has 0 heterocycles. The van der Waals surface area contributed by atoms with Crippen LogP contribution in [0.2, 0.25) is 0 Å². The van der Waals surface area contributed by atoms with E-state index in [1.54, 1.807) is 0 Å². The molecule has 1 rings (SSSR count). The molecule has 23 heavy (non-hydrogen) atoms. The molecule has 0 aliphatic carbocycles. The highest BCUT2D eigenvalue weighted by Gasteiger charge is 2.17. The summed E-state index contributed by atoms with van der Waals surface area (Å²) < 4.78 is 14.8. The first-order valence-electron chi connectivity index (χ1n) is 6.71. The summed E-state index contributed by atoms with van der Waals surface area (Å²) >= 11 is 0. The highest BCUT2D eigenvalue weighted by molar-refractivity contribution is 5.89. The molecule has 1 aromatic rings. The third-order valence-corrected chi connectivity index (χ3v) is 2.45. The molecule has 0 aromatic heterocycles. The zero-order chi connectivity index (χ0) is 17.5. The van der Waals surface area contributed by atoms with Gasteiger partial charge < -0.3 is 14.2 Å². The summed E-state index contributed by atoms with van der Waals surface area (Å²) in [5.41, 5.74) is -0.107. The first-order chi connectivity index (χ1) is 10.8. The Morgan fingerprint density at radius 1 is 1.00 bits per heavy atom. The van der Waals surface area contributed by atoms with Gasteiger partial charge >= 0.3 is 12.1 Å². The first kappa shape index (κ1) is 18.6. The van der Waals surface area contributed by atoms with Gasteiger partial charge in [0, 0.05) is 0 Å². The predicted molar refractivity (Wildman–Crippen MR) is 77.9 cm³/mol. The SMILES string of the molecule is COc1ccc(C(=O)OOOC(=O)OCC(C)(C)C)cc1OC. The molecule has 1 aromatic carbocycles. The third kappa shape index (κ3) is 6.43. The lowest BCUT2D eigenvalue weighted by atomic mass is 9.99. The number of rotatable bonds is 6. The van der Waals surface area contributed by atoms with Crippen molar-refractivity contribution in [3.05, 3.63) is 23.8 Å². The fourth-order valence-corrected chi connectivity index (χ4v) is 1.39. The van der Waals surface area contributed by atoms with Crippen LogP contribution in [-0.4, -0.2) is 33.0 Å². The Kier molecular flexibility index (Phi) is 6.65. The smallest absolute Gasteiger partial charge is 0.493 e. The second-order valence-electron chi connectivity index (χ2n) is 5.69. The molecule has 0 unspecified atom stereocenters. The highest BCUT2D eigenvalue weighted by Crippen LogP contribution is 2.27. The van der Waals surface area contributed by atoms with E-state index in [0.29, 0.717) is 11.5 Å². The Morgan fingerprint density at radius 2 is 1.65 bits per heavy atom. The van der Waals surface area contributed by atoms with Gasteiger partial charge in [-0.3, -0.25) is 4.89 Å². The van der Waals surface area contributed by atoms with Crippen molar-refractivity contribution in [2.45, 2.75) is 20.8 Å². The van der Waals surface area contributed by atoms with Crippen LogP contribution in [0.3, 0.4) is 0 Å². The molecule has 0 saturated heterocycles. The minimum absolute atomic E-state index is 0.120. The lowest BCUT2D eigenvalue weighted by Gasteiger charge is -2.16. The summed E-state index contributed by atoms with van der Waals surface area (Å²) in [5.74, 6) is -0.0889. The van der Waals surface area contributed by atoms with E-state index in [1.165, 1.54) is 32.4 Å². The lowest BCUT2D eigenvalue weighted by Crippen LogP contribution is -2.19.